The van der Waals surface area contributed by atoms with Gasteiger partial charge in [-0.2, -0.15) is 0 Å². The minimum Gasteiger partial charge on any atom is -0.394 e. The van der Waals surface area contributed by atoms with Crippen molar-refractivity contribution in [3.8, 4) is 0 Å². The van der Waals surface area contributed by atoms with Gasteiger partial charge < -0.3 is 19.8 Å². The van der Waals surface area contributed by atoms with Crippen molar-refractivity contribution in [1.29, 1.82) is 0 Å². The van der Waals surface area contributed by atoms with Crippen LogP contribution >= 0.6 is 0 Å². The van der Waals surface area contributed by atoms with E-state index in [-0.39, 0.29) is 36.4 Å². The third kappa shape index (κ3) is 2.96. The van der Waals surface area contributed by atoms with Crippen LogP contribution in [0.2, 0.25) is 0 Å². The van der Waals surface area contributed by atoms with Crippen LogP contribution < -0.4 is 4.90 Å². The van der Waals surface area contributed by atoms with Gasteiger partial charge in [-0.25, -0.2) is 0 Å². The van der Waals surface area contributed by atoms with Gasteiger partial charge in [-0.1, -0.05) is 24.3 Å². The molecule has 28 heavy (non-hydrogen) atoms. The smallest absolute Gasteiger partial charge is 0.273 e. The third-order valence-electron chi connectivity index (χ3n) is 5.56. The summed E-state index contributed by atoms with van der Waals surface area (Å²) in [7, 11) is 3.72. The van der Waals surface area contributed by atoms with Crippen LogP contribution in [0, 0.1) is 0 Å². The van der Waals surface area contributed by atoms with Crippen LogP contribution in [0.3, 0.4) is 0 Å². The lowest BCUT2D eigenvalue weighted by molar-refractivity contribution is -0.120. The zero-order valence-electron chi connectivity index (χ0n) is 16.0. The Bertz CT molecular complexity index is 886. The number of aliphatic hydroxyl groups is 1. The Labute approximate surface area is 164 Å². The zero-order chi connectivity index (χ0) is 19.8. The minimum absolute atomic E-state index is 0.00594. The number of aliphatic hydroxyl groups excluding tert-OH is 1. The zero-order valence-corrected chi connectivity index (χ0v) is 16.0. The molecular formula is C21H24N4O3. The van der Waals surface area contributed by atoms with Gasteiger partial charge in [0.25, 0.3) is 5.91 Å². The summed E-state index contributed by atoms with van der Waals surface area (Å²) in [6.45, 7) is 0.590. The molecule has 4 rings (SSSR count). The first kappa shape index (κ1) is 18.6. The van der Waals surface area contributed by atoms with Gasteiger partial charge in [0, 0.05) is 24.3 Å². The minimum atomic E-state index is -0.313. The highest BCUT2D eigenvalue weighted by Crippen LogP contribution is 2.48. The van der Waals surface area contributed by atoms with E-state index in [0.717, 1.165) is 11.3 Å². The number of amides is 2. The second-order valence-corrected chi connectivity index (χ2v) is 7.57. The van der Waals surface area contributed by atoms with E-state index in [1.54, 1.807) is 34.2 Å². The van der Waals surface area contributed by atoms with Gasteiger partial charge in [0.2, 0.25) is 5.91 Å². The van der Waals surface area contributed by atoms with Gasteiger partial charge in [-0.15, -0.1) is 0 Å². The molecule has 1 N–H and O–H groups in total. The largest absolute Gasteiger partial charge is 0.394 e. The number of rotatable bonds is 4. The Hall–Kier alpha value is -2.77. The van der Waals surface area contributed by atoms with E-state index in [1.807, 2.05) is 43.3 Å². The Morgan fingerprint density at radius 1 is 1.18 bits per heavy atom. The summed E-state index contributed by atoms with van der Waals surface area (Å²) >= 11 is 0. The molecule has 1 aromatic carbocycles. The van der Waals surface area contributed by atoms with E-state index in [4.69, 9.17) is 0 Å². The molecule has 7 nitrogen and oxygen atoms in total. The molecule has 3 heterocycles. The molecule has 1 fully saturated rings. The molecule has 0 unspecified atom stereocenters. The van der Waals surface area contributed by atoms with Gasteiger partial charge >= 0.3 is 0 Å². The molecule has 0 bridgehead atoms. The van der Waals surface area contributed by atoms with Crippen LogP contribution in [0.5, 0.6) is 0 Å². The molecule has 0 saturated carbocycles. The van der Waals surface area contributed by atoms with E-state index in [2.05, 4.69) is 4.98 Å². The monoisotopic (exact) mass is 380 g/mol. The van der Waals surface area contributed by atoms with E-state index in [9.17, 15) is 14.7 Å². The van der Waals surface area contributed by atoms with Crippen LogP contribution in [0.25, 0.3) is 0 Å². The van der Waals surface area contributed by atoms with Crippen LogP contribution in [0.4, 0.5) is 5.69 Å². The number of carbonyl (C=O) groups is 2. The van der Waals surface area contributed by atoms with Crippen LogP contribution in [0.15, 0.2) is 48.7 Å². The molecule has 1 saturated heterocycles. The standard InChI is InChI=1S/C21H24N4O3/c1-23(2)12-19(27)24-11-17-20(14-7-3-4-9-16(14)24)18(13-26)25(17)21(28)15-8-5-6-10-22-15/h3-10,17-18,20,26H,11-13H2,1-2H3/t17-,18+,20+/m1/s1. The maximum Gasteiger partial charge on any atom is 0.273 e. The average Bonchev–Trinajstić information content (AvgIpc) is 2.68. The highest BCUT2D eigenvalue weighted by Gasteiger charge is 2.55. The van der Waals surface area contributed by atoms with Crippen molar-refractivity contribution in [3.63, 3.8) is 0 Å². The maximum absolute atomic E-state index is 13.1. The highest BCUT2D eigenvalue weighted by atomic mass is 16.3. The summed E-state index contributed by atoms with van der Waals surface area (Å²) in [5, 5.41) is 10.0. The number of aromatic nitrogens is 1. The molecular weight excluding hydrogens is 356 g/mol. The first-order valence-corrected chi connectivity index (χ1v) is 9.41. The second kappa shape index (κ2) is 7.33. The molecule has 7 heteroatoms. The van der Waals surface area contributed by atoms with Crippen molar-refractivity contribution < 1.29 is 14.7 Å². The van der Waals surface area contributed by atoms with Crippen LogP contribution in [-0.4, -0.2) is 77.6 Å². The predicted octanol–water partition coefficient (Wildman–Crippen LogP) is 0.959. The fourth-order valence-corrected chi connectivity index (χ4v) is 4.38. The molecule has 0 radical (unpaired) electrons. The number of benzene rings is 1. The first-order chi connectivity index (χ1) is 13.5. The molecule has 0 spiro atoms. The van der Waals surface area contributed by atoms with Gasteiger partial charge in [-0.3, -0.25) is 14.6 Å². The molecule has 146 valence electrons. The summed E-state index contributed by atoms with van der Waals surface area (Å²) < 4.78 is 0. The fraction of sp³-hybridized carbons (Fsp3) is 0.381. The Morgan fingerprint density at radius 2 is 1.93 bits per heavy atom. The number of likely N-dealkylation sites (N-methyl/N-ethyl adjacent to an activating group) is 1. The number of hydrogen-bond acceptors (Lipinski definition) is 5. The van der Waals surface area contributed by atoms with Crippen LogP contribution in [-0.2, 0) is 4.79 Å². The number of pyridine rings is 1. The lowest BCUT2D eigenvalue weighted by Crippen LogP contribution is -2.71. The van der Waals surface area contributed by atoms with E-state index < -0.39 is 0 Å². The molecule has 2 aliphatic heterocycles. The molecule has 1 aromatic heterocycles. The van der Waals surface area contributed by atoms with Crippen molar-refractivity contribution in [3.05, 3.63) is 59.9 Å². The van der Waals surface area contributed by atoms with Crippen molar-refractivity contribution in [2.45, 2.75) is 18.0 Å². The number of likely N-dealkylation sites (tertiary alicyclic amines) is 1. The number of anilines is 1. The summed E-state index contributed by atoms with van der Waals surface area (Å²) in [6.07, 6.45) is 1.58. The SMILES string of the molecule is CN(C)CC(=O)N1C[C@@H]2[C@H](c3ccccc31)[C@H](CO)N2C(=O)c1ccccn1. The molecule has 2 amide bonds. The highest BCUT2D eigenvalue weighted by molar-refractivity contribution is 5.98. The first-order valence-electron chi connectivity index (χ1n) is 9.41. The van der Waals surface area contributed by atoms with E-state index in [1.165, 1.54) is 0 Å². The Kier molecular flexibility index (Phi) is 4.87. The summed E-state index contributed by atoms with van der Waals surface area (Å²) in [6, 6.07) is 12.5. The van der Waals surface area contributed by atoms with Gasteiger partial charge in [0.05, 0.1) is 25.2 Å². The molecule has 0 aliphatic carbocycles. The maximum atomic E-state index is 13.1. The average molecular weight is 380 g/mol. The van der Waals surface area contributed by atoms with Crippen molar-refractivity contribution >= 4 is 17.5 Å². The van der Waals surface area contributed by atoms with Crippen molar-refractivity contribution in [2.75, 3.05) is 38.7 Å². The lowest BCUT2D eigenvalue weighted by atomic mass is 9.71. The normalized spacial score (nSPS) is 23.1. The topological polar surface area (TPSA) is 77.0 Å². The van der Waals surface area contributed by atoms with Gasteiger partial charge in [-0.05, 0) is 37.9 Å². The Morgan fingerprint density at radius 3 is 2.61 bits per heavy atom. The van der Waals surface area contributed by atoms with Gasteiger partial charge in [0.1, 0.15) is 5.69 Å². The molecule has 2 aliphatic rings. The van der Waals surface area contributed by atoms with E-state index >= 15 is 0 Å². The number of fused-ring (bicyclic) bond motifs is 3. The van der Waals surface area contributed by atoms with E-state index in [0.29, 0.717) is 18.8 Å². The lowest BCUT2D eigenvalue weighted by Gasteiger charge is -2.58. The number of hydrogen-bond donors (Lipinski definition) is 1. The van der Waals surface area contributed by atoms with Crippen molar-refractivity contribution in [1.82, 2.24) is 14.8 Å². The third-order valence-corrected chi connectivity index (χ3v) is 5.56. The molecule has 2 aromatic rings. The number of para-hydroxylation sites is 1. The molecule has 3 atom stereocenters. The summed E-state index contributed by atoms with van der Waals surface area (Å²) in [5.41, 5.74) is 2.23. The number of carbonyl (C=O) groups excluding carboxylic acids is 2. The second-order valence-electron chi connectivity index (χ2n) is 7.57. The quantitative estimate of drug-likeness (QED) is 0.855. The number of nitrogens with zero attached hydrogens (tertiary/aromatic N) is 4. The predicted molar refractivity (Wildman–Crippen MR) is 105 cm³/mol. The van der Waals surface area contributed by atoms with Gasteiger partial charge in [0.15, 0.2) is 0 Å². The fourth-order valence-electron chi connectivity index (χ4n) is 4.38. The van der Waals surface area contributed by atoms with Crippen LogP contribution in [0.1, 0.15) is 22.0 Å². The summed E-state index contributed by atoms with van der Waals surface area (Å²) in [5.74, 6) is -0.203. The van der Waals surface area contributed by atoms with Crippen molar-refractivity contribution in [2.24, 2.45) is 0 Å². The summed E-state index contributed by atoms with van der Waals surface area (Å²) in [4.78, 5) is 35.4. The Balaban J connectivity index is 1.69.